The highest BCUT2D eigenvalue weighted by atomic mass is 32.2. The largest absolute Gasteiger partial charge is 0.308 e. The smallest absolute Gasteiger partial charge is 0.282 e. The molecular formula is C11H10F4OS. The third-order valence-electron chi connectivity index (χ3n) is 2.00. The van der Waals surface area contributed by atoms with Crippen molar-refractivity contribution in [2.45, 2.75) is 18.8 Å². The zero-order valence-corrected chi connectivity index (χ0v) is 9.52. The molecule has 1 rings (SSSR count). The molecule has 0 aromatic heterocycles. The van der Waals surface area contributed by atoms with E-state index >= 15 is 0 Å². The molecule has 1 aromatic rings. The van der Waals surface area contributed by atoms with Gasteiger partial charge < -0.3 is 0 Å². The summed E-state index contributed by atoms with van der Waals surface area (Å²) >= 11 is 0.622. The Morgan fingerprint density at radius 2 is 1.82 bits per heavy atom. The fraction of sp³-hybridized carbons (Fsp3) is 0.364. The summed E-state index contributed by atoms with van der Waals surface area (Å²) in [5.41, 5.74) is 0.373. The van der Waals surface area contributed by atoms with Gasteiger partial charge in [0.15, 0.2) is 0 Å². The van der Waals surface area contributed by atoms with Crippen LogP contribution in [-0.2, 0) is 0 Å². The predicted molar refractivity (Wildman–Crippen MR) is 58.8 cm³/mol. The molecule has 0 fully saturated rings. The topological polar surface area (TPSA) is 17.1 Å². The number of carbonyl (C=O) groups excluding carboxylic acids is 1. The molecule has 0 spiro atoms. The van der Waals surface area contributed by atoms with Crippen molar-refractivity contribution >= 4 is 16.9 Å². The van der Waals surface area contributed by atoms with E-state index in [-0.39, 0.29) is 5.75 Å². The maximum absolute atomic E-state index is 12.5. The molecule has 0 aliphatic rings. The number of thioether (sulfide) groups is 1. The minimum Gasteiger partial charge on any atom is -0.282 e. The Morgan fingerprint density at radius 3 is 2.35 bits per heavy atom. The van der Waals surface area contributed by atoms with E-state index in [2.05, 4.69) is 0 Å². The molecule has 0 N–H and O–H groups in total. The van der Waals surface area contributed by atoms with Gasteiger partial charge in [0, 0.05) is 17.7 Å². The molecule has 0 aliphatic carbocycles. The van der Waals surface area contributed by atoms with Gasteiger partial charge in [-0.25, -0.2) is 17.6 Å². The van der Waals surface area contributed by atoms with Gasteiger partial charge in [0.25, 0.3) is 0 Å². The summed E-state index contributed by atoms with van der Waals surface area (Å²) in [6.07, 6.45) is -4.69. The molecule has 0 radical (unpaired) electrons. The van der Waals surface area contributed by atoms with Gasteiger partial charge in [0.2, 0.25) is 5.12 Å². The Hall–Kier alpha value is -1.04. The van der Waals surface area contributed by atoms with Crippen molar-refractivity contribution in [2.24, 2.45) is 0 Å². The molecule has 1 nitrogen and oxygen atoms in total. The van der Waals surface area contributed by atoms with Gasteiger partial charge in [0.05, 0.1) is 0 Å². The summed E-state index contributed by atoms with van der Waals surface area (Å²) in [5, 5.41) is -0.393. The van der Waals surface area contributed by atoms with Crippen molar-refractivity contribution in [3.8, 4) is 0 Å². The Labute approximate surface area is 100 Å². The Balaban J connectivity index is 2.40. The average molecular weight is 266 g/mol. The van der Waals surface area contributed by atoms with Gasteiger partial charge in [-0.2, -0.15) is 0 Å². The summed E-state index contributed by atoms with van der Waals surface area (Å²) in [6, 6.07) is 8.08. The quantitative estimate of drug-likeness (QED) is 0.753. The standard InChI is InChI=1S/C11H10F4OS/c12-10(13)11(14,15)6-7-17-9(16)8-4-2-1-3-5-8/h1-5,10H,6-7H2. The predicted octanol–water partition coefficient (Wildman–Crippen LogP) is 3.85. The number of halogens is 4. The molecule has 0 bridgehead atoms. The maximum atomic E-state index is 12.5. The lowest BCUT2D eigenvalue weighted by atomic mass is 10.2. The van der Waals surface area contributed by atoms with E-state index in [1.165, 1.54) is 0 Å². The van der Waals surface area contributed by atoms with Crippen LogP contribution in [0.1, 0.15) is 16.8 Å². The van der Waals surface area contributed by atoms with Gasteiger partial charge in [-0.3, -0.25) is 4.79 Å². The number of hydrogen-bond donors (Lipinski definition) is 0. The average Bonchev–Trinajstić information content (AvgIpc) is 2.29. The SMILES string of the molecule is O=C(SCCC(F)(F)C(F)F)c1ccccc1. The van der Waals surface area contributed by atoms with Crippen LogP contribution in [0.5, 0.6) is 0 Å². The molecule has 6 heteroatoms. The van der Waals surface area contributed by atoms with E-state index in [0.29, 0.717) is 17.3 Å². The number of hydrogen-bond acceptors (Lipinski definition) is 2. The van der Waals surface area contributed by atoms with Gasteiger partial charge >= 0.3 is 12.3 Å². The van der Waals surface area contributed by atoms with Crippen molar-refractivity contribution in [3.63, 3.8) is 0 Å². The van der Waals surface area contributed by atoms with Crippen molar-refractivity contribution in [3.05, 3.63) is 35.9 Å². The van der Waals surface area contributed by atoms with Crippen LogP contribution in [0.15, 0.2) is 30.3 Å². The van der Waals surface area contributed by atoms with Crippen LogP contribution < -0.4 is 0 Å². The van der Waals surface area contributed by atoms with E-state index < -0.39 is 23.9 Å². The molecule has 17 heavy (non-hydrogen) atoms. The molecular weight excluding hydrogens is 256 g/mol. The van der Waals surface area contributed by atoms with Gasteiger partial charge in [0.1, 0.15) is 0 Å². The molecule has 94 valence electrons. The Morgan fingerprint density at radius 1 is 1.24 bits per heavy atom. The lowest BCUT2D eigenvalue weighted by molar-refractivity contribution is -0.128. The first-order chi connectivity index (χ1) is 7.93. The summed E-state index contributed by atoms with van der Waals surface area (Å²) in [5.74, 6) is -4.35. The summed E-state index contributed by atoms with van der Waals surface area (Å²) in [6.45, 7) is 0. The summed E-state index contributed by atoms with van der Waals surface area (Å²) < 4.78 is 48.7. The van der Waals surface area contributed by atoms with E-state index in [0.717, 1.165) is 0 Å². The van der Waals surface area contributed by atoms with E-state index in [1.807, 2.05) is 0 Å². The highest BCUT2D eigenvalue weighted by Gasteiger charge is 2.39. The Kier molecular flexibility index (Phi) is 4.99. The van der Waals surface area contributed by atoms with Gasteiger partial charge in [-0.05, 0) is 0 Å². The third kappa shape index (κ3) is 4.38. The monoisotopic (exact) mass is 266 g/mol. The fourth-order valence-corrected chi connectivity index (χ4v) is 1.91. The van der Waals surface area contributed by atoms with Crippen LogP contribution in [0.3, 0.4) is 0 Å². The second-order valence-corrected chi connectivity index (χ2v) is 4.38. The first kappa shape index (κ1) is 14.0. The molecule has 0 heterocycles. The molecule has 0 aliphatic heterocycles. The van der Waals surface area contributed by atoms with Crippen LogP contribution >= 0.6 is 11.8 Å². The van der Waals surface area contributed by atoms with Crippen molar-refractivity contribution in [1.82, 2.24) is 0 Å². The molecule has 0 unspecified atom stereocenters. The lowest BCUT2D eigenvalue weighted by Crippen LogP contribution is -2.27. The van der Waals surface area contributed by atoms with Crippen molar-refractivity contribution < 1.29 is 22.4 Å². The zero-order valence-electron chi connectivity index (χ0n) is 8.71. The maximum Gasteiger partial charge on any atom is 0.308 e. The third-order valence-corrected chi connectivity index (χ3v) is 2.90. The molecule has 1 aromatic carbocycles. The van der Waals surface area contributed by atoms with Crippen molar-refractivity contribution in [1.29, 1.82) is 0 Å². The minimum atomic E-state index is -4.02. The highest BCUT2D eigenvalue weighted by molar-refractivity contribution is 8.14. The highest BCUT2D eigenvalue weighted by Crippen LogP contribution is 2.28. The second kappa shape index (κ2) is 6.05. The molecule has 0 saturated carbocycles. The molecule has 0 atom stereocenters. The van der Waals surface area contributed by atoms with E-state index in [9.17, 15) is 22.4 Å². The summed E-state index contributed by atoms with van der Waals surface area (Å²) in [7, 11) is 0. The minimum absolute atomic E-state index is 0.328. The van der Waals surface area contributed by atoms with Gasteiger partial charge in [-0.1, -0.05) is 42.1 Å². The van der Waals surface area contributed by atoms with Crippen molar-refractivity contribution in [2.75, 3.05) is 5.75 Å². The number of benzene rings is 1. The second-order valence-electron chi connectivity index (χ2n) is 3.31. The number of carbonyl (C=O) groups is 1. The van der Waals surface area contributed by atoms with Crippen LogP contribution in [0.4, 0.5) is 17.6 Å². The first-order valence-corrected chi connectivity index (χ1v) is 5.80. The normalized spacial score (nSPS) is 11.8. The zero-order chi connectivity index (χ0) is 12.9. The number of rotatable bonds is 5. The molecule has 0 saturated heterocycles. The van der Waals surface area contributed by atoms with E-state index in [4.69, 9.17) is 0 Å². The fourth-order valence-electron chi connectivity index (χ4n) is 1.05. The first-order valence-electron chi connectivity index (χ1n) is 4.81. The van der Waals surface area contributed by atoms with Crippen LogP contribution in [0, 0.1) is 0 Å². The molecule has 0 amide bonds. The lowest BCUT2D eigenvalue weighted by Gasteiger charge is -2.13. The summed E-state index contributed by atoms with van der Waals surface area (Å²) in [4.78, 5) is 11.4. The van der Waals surface area contributed by atoms with Gasteiger partial charge in [-0.15, -0.1) is 0 Å². The van der Waals surface area contributed by atoms with Crippen LogP contribution in [-0.4, -0.2) is 23.2 Å². The van der Waals surface area contributed by atoms with Crippen LogP contribution in [0.2, 0.25) is 0 Å². The Bertz CT molecular complexity index is 367. The van der Waals surface area contributed by atoms with E-state index in [1.54, 1.807) is 30.3 Å². The van der Waals surface area contributed by atoms with Crippen LogP contribution in [0.25, 0.3) is 0 Å². The number of alkyl halides is 4.